The van der Waals surface area contributed by atoms with E-state index < -0.39 is 8.32 Å². The van der Waals surface area contributed by atoms with E-state index in [1.807, 2.05) is 0 Å². The van der Waals surface area contributed by atoms with E-state index in [-0.39, 0.29) is 0 Å². The van der Waals surface area contributed by atoms with Crippen molar-refractivity contribution < 1.29 is 13.9 Å². The fourth-order valence-electron chi connectivity index (χ4n) is 3.22. The third-order valence-electron chi connectivity index (χ3n) is 4.28. The molecule has 2 aliphatic rings. The molecule has 2 fully saturated rings. The monoisotopic (exact) mass is 272 g/mol. The Kier molecular flexibility index (Phi) is 4.86. The van der Waals surface area contributed by atoms with Crippen LogP contribution in [0.4, 0.5) is 0 Å². The highest BCUT2D eigenvalue weighted by Gasteiger charge is 2.55. The first-order valence-electron chi connectivity index (χ1n) is 7.35. The lowest BCUT2D eigenvalue weighted by atomic mass is 10.2. The van der Waals surface area contributed by atoms with Crippen molar-refractivity contribution in [1.29, 1.82) is 0 Å². The van der Waals surface area contributed by atoms with Gasteiger partial charge < -0.3 is 13.9 Å². The predicted octanol–water partition coefficient (Wildman–Crippen LogP) is 3.41. The molecular formula is C14H28O3Si. The van der Waals surface area contributed by atoms with Crippen LogP contribution in [-0.2, 0) is 13.9 Å². The Hall–Kier alpha value is 0.0969. The van der Waals surface area contributed by atoms with Gasteiger partial charge >= 0.3 is 0 Å². The number of hydrogen-bond donors (Lipinski definition) is 0. The van der Waals surface area contributed by atoms with Gasteiger partial charge in [0.15, 0.2) is 8.32 Å². The molecule has 0 saturated heterocycles. The van der Waals surface area contributed by atoms with Crippen LogP contribution in [-0.4, -0.2) is 34.4 Å². The van der Waals surface area contributed by atoms with Gasteiger partial charge in [-0.05, 0) is 43.8 Å². The first-order chi connectivity index (χ1) is 8.57. The summed E-state index contributed by atoms with van der Waals surface area (Å²) in [5.74, 6) is 1.62. The van der Waals surface area contributed by atoms with E-state index in [1.54, 1.807) is 7.11 Å². The largest absolute Gasteiger partial charge is 0.412 e. The van der Waals surface area contributed by atoms with Gasteiger partial charge in [-0.15, -0.1) is 0 Å². The van der Waals surface area contributed by atoms with E-state index in [0.717, 1.165) is 11.8 Å². The third kappa shape index (κ3) is 3.56. The highest BCUT2D eigenvalue weighted by atomic mass is 28.4. The number of rotatable bonds is 8. The summed E-state index contributed by atoms with van der Waals surface area (Å²) in [5.41, 5.74) is 0. The molecule has 0 aliphatic heterocycles. The van der Waals surface area contributed by atoms with Crippen LogP contribution in [0.3, 0.4) is 0 Å². The van der Waals surface area contributed by atoms with E-state index >= 15 is 0 Å². The molecule has 0 spiro atoms. The Morgan fingerprint density at radius 2 is 2.00 bits per heavy atom. The maximum absolute atomic E-state index is 6.47. The molecule has 2 saturated carbocycles. The summed E-state index contributed by atoms with van der Waals surface area (Å²) in [6.45, 7) is 7.35. The lowest BCUT2D eigenvalue weighted by molar-refractivity contribution is -0.107. The molecule has 0 amide bonds. The van der Waals surface area contributed by atoms with Crippen molar-refractivity contribution >= 4 is 8.32 Å². The first-order valence-corrected chi connectivity index (χ1v) is 10.5. The Labute approximate surface area is 112 Å². The molecule has 4 atom stereocenters. The van der Waals surface area contributed by atoms with E-state index in [0.29, 0.717) is 19.0 Å². The van der Waals surface area contributed by atoms with Crippen molar-refractivity contribution in [3.05, 3.63) is 0 Å². The number of methoxy groups -OCH3 is 1. The van der Waals surface area contributed by atoms with Crippen LogP contribution < -0.4 is 0 Å². The molecule has 2 aliphatic carbocycles. The predicted molar refractivity (Wildman–Crippen MR) is 75.0 cm³/mol. The Morgan fingerprint density at radius 1 is 1.22 bits per heavy atom. The van der Waals surface area contributed by atoms with Gasteiger partial charge in [0.25, 0.3) is 0 Å². The second kappa shape index (κ2) is 6.03. The number of ether oxygens (including phenoxy) is 2. The summed E-state index contributed by atoms with van der Waals surface area (Å²) >= 11 is 0. The van der Waals surface area contributed by atoms with Gasteiger partial charge in [-0.25, -0.2) is 0 Å². The average molecular weight is 272 g/mol. The fourth-order valence-corrected chi connectivity index (χ4v) is 5.59. The van der Waals surface area contributed by atoms with Crippen LogP contribution in [0.2, 0.25) is 19.1 Å². The van der Waals surface area contributed by atoms with Gasteiger partial charge in [-0.2, -0.15) is 0 Å². The van der Waals surface area contributed by atoms with Crippen LogP contribution in [0, 0.1) is 11.8 Å². The summed E-state index contributed by atoms with van der Waals surface area (Å²) in [4.78, 5) is 0. The molecule has 0 aromatic carbocycles. The molecule has 0 aromatic heterocycles. The Morgan fingerprint density at radius 3 is 2.67 bits per heavy atom. The van der Waals surface area contributed by atoms with Crippen LogP contribution in [0.1, 0.15) is 32.6 Å². The van der Waals surface area contributed by atoms with E-state index in [2.05, 4.69) is 20.0 Å². The van der Waals surface area contributed by atoms with Gasteiger partial charge in [-0.1, -0.05) is 19.8 Å². The number of unbranched alkanes of at least 4 members (excludes halogenated alkanes) is 1. The van der Waals surface area contributed by atoms with E-state index in [4.69, 9.17) is 13.9 Å². The van der Waals surface area contributed by atoms with Crippen LogP contribution >= 0.6 is 0 Å². The van der Waals surface area contributed by atoms with Crippen molar-refractivity contribution in [2.45, 2.75) is 64.0 Å². The highest BCUT2D eigenvalue weighted by molar-refractivity contribution is 6.71. The molecule has 0 heterocycles. The second-order valence-corrected chi connectivity index (χ2v) is 10.7. The molecule has 4 heteroatoms. The summed E-state index contributed by atoms with van der Waals surface area (Å²) < 4.78 is 17.4. The molecule has 0 unspecified atom stereocenters. The molecular weight excluding hydrogens is 244 g/mol. The van der Waals surface area contributed by atoms with Gasteiger partial charge in [0.2, 0.25) is 0 Å². The molecule has 3 nitrogen and oxygen atoms in total. The van der Waals surface area contributed by atoms with Crippen LogP contribution in [0.5, 0.6) is 0 Å². The Bertz CT molecular complexity index is 270. The molecule has 0 bridgehead atoms. The second-order valence-electron chi connectivity index (χ2n) is 6.45. The fraction of sp³-hybridized carbons (Fsp3) is 1.00. The summed E-state index contributed by atoms with van der Waals surface area (Å²) in [6, 6.07) is 1.27. The minimum atomic E-state index is -1.50. The first kappa shape index (κ1) is 14.5. The van der Waals surface area contributed by atoms with Crippen LogP contribution in [0.15, 0.2) is 0 Å². The van der Waals surface area contributed by atoms with Crippen molar-refractivity contribution in [2.75, 3.05) is 13.9 Å². The Balaban J connectivity index is 1.83. The summed E-state index contributed by atoms with van der Waals surface area (Å²) in [7, 11) is 0.189. The molecule has 18 heavy (non-hydrogen) atoms. The van der Waals surface area contributed by atoms with Crippen molar-refractivity contribution in [1.82, 2.24) is 0 Å². The lowest BCUT2D eigenvalue weighted by Crippen LogP contribution is -2.41. The molecule has 0 aromatic rings. The van der Waals surface area contributed by atoms with Crippen molar-refractivity contribution in [3.8, 4) is 0 Å². The molecule has 106 valence electrons. The van der Waals surface area contributed by atoms with Gasteiger partial charge in [-0.3, -0.25) is 0 Å². The van der Waals surface area contributed by atoms with Gasteiger partial charge in [0.1, 0.15) is 6.79 Å². The summed E-state index contributed by atoms with van der Waals surface area (Å²) in [5, 5.41) is 0. The van der Waals surface area contributed by atoms with Gasteiger partial charge in [0.05, 0.1) is 12.2 Å². The summed E-state index contributed by atoms with van der Waals surface area (Å²) in [6.07, 6.45) is 5.74. The maximum atomic E-state index is 6.47. The molecule has 0 N–H and O–H groups in total. The SMILES string of the molecule is CCCC[Si](C)(C)O[C@@H]1C[C@H]2C[C@H]2[C@@H]1OCOC. The van der Waals surface area contributed by atoms with Gasteiger partial charge in [0, 0.05) is 7.11 Å². The zero-order valence-corrected chi connectivity index (χ0v) is 13.3. The van der Waals surface area contributed by atoms with Crippen molar-refractivity contribution in [2.24, 2.45) is 11.8 Å². The minimum absolute atomic E-state index is 0.295. The molecule has 2 rings (SSSR count). The maximum Gasteiger partial charge on any atom is 0.187 e. The highest BCUT2D eigenvalue weighted by Crippen LogP contribution is 2.54. The van der Waals surface area contributed by atoms with Crippen molar-refractivity contribution in [3.63, 3.8) is 0 Å². The lowest BCUT2D eigenvalue weighted by Gasteiger charge is -2.32. The minimum Gasteiger partial charge on any atom is -0.412 e. The smallest absolute Gasteiger partial charge is 0.187 e. The quantitative estimate of drug-likeness (QED) is 0.500. The van der Waals surface area contributed by atoms with Crippen LogP contribution in [0.25, 0.3) is 0 Å². The number of hydrogen-bond acceptors (Lipinski definition) is 3. The molecule has 0 radical (unpaired) electrons. The van der Waals surface area contributed by atoms with E-state index in [9.17, 15) is 0 Å². The average Bonchev–Trinajstić information content (AvgIpc) is 2.99. The number of fused-ring (bicyclic) bond motifs is 1. The van der Waals surface area contributed by atoms with E-state index in [1.165, 1.54) is 31.7 Å². The zero-order chi connectivity index (χ0) is 13.2. The zero-order valence-electron chi connectivity index (χ0n) is 12.3. The standard InChI is InChI=1S/C14H28O3Si/c1-5-6-7-18(3,4)17-13-9-11-8-12(11)14(13)16-10-15-2/h11-14H,5-10H2,1-4H3/t11-,12-,13-,14+/m1/s1. The topological polar surface area (TPSA) is 27.7 Å². The normalized spacial score (nSPS) is 34.7. The third-order valence-corrected chi connectivity index (χ3v) is 6.78.